The summed E-state index contributed by atoms with van der Waals surface area (Å²) >= 11 is 0. The number of carbonyl (C=O) groups is 1. The highest BCUT2D eigenvalue weighted by Gasteiger charge is 2.14. The Labute approximate surface area is 88.9 Å². The molecule has 14 heavy (non-hydrogen) atoms. The number of nitrogens with zero attached hydrogens (tertiary/aromatic N) is 1. The molecule has 0 saturated carbocycles. The molecule has 74 valence electrons. The van der Waals surface area contributed by atoms with Gasteiger partial charge in [-0.1, -0.05) is 6.04 Å². The van der Waals surface area contributed by atoms with Crippen molar-refractivity contribution in [3.05, 3.63) is 39.4 Å². The summed E-state index contributed by atoms with van der Waals surface area (Å²) in [6.07, 6.45) is 0. The standard InChI is InChI=1S/C9H9NO4/c1-6-3-4-7(9(11)14-2)5-8(6)10(12)13/h3-5H,1-2H3/i1D3,3D,4D,5D. The molecule has 0 aliphatic rings. The van der Waals surface area contributed by atoms with Crippen LogP contribution in [0.4, 0.5) is 5.69 Å². The monoisotopic (exact) mass is 201 g/mol. The Morgan fingerprint density at radius 3 is 2.93 bits per heavy atom. The van der Waals surface area contributed by atoms with Gasteiger partial charge < -0.3 is 4.74 Å². The van der Waals surface area contributed by atoms with Crippen LogP contribution in [0.3, 0.4) is 0 Å². The van der Waals surface area contributed by atoms with Crippen LogP contribution in [-0.2, 0) is 4.74 Å². The molecule has 0 heterocycles. The lowest BCUT2D eigenvalue weighted by atomic mass is 10.1. The van der Waals surface area contributed by atoms with Gasteiger partial charge in [0.25, 0.3) is 5.69 Å². The Morgan fingerprint density at radius 2 is 2.43 bits per heavy atom. The van der Waals surface area contributed by atoms with E-state index in [1.807, 2.05) is 0 Å². The minimum Gasteiger partial charge on any atom is -0.465 e. The van der Waals surface area contributed by atoms with Crippen LogP contribution < -0.4 is 0 Å². The molecule has 1 aromatic rings. The summed E-state index contributed by atoms with van der Waals surface area (Å²) in [7, 11) is 0.939. The molecular weight excluding hydrogens is 186 g/mol. The van der Waals surface area contributed by atoms with Crippen LogP contribution in [0.25, 0.3) is 0 Å². The third-order valence-corrected chi connectivity index (χ3v) is 1.36. The average Bonchev–Trinajstić information content (AvgIpc) is 2.31. The van der Waals surface area contributed by atoms with Gasteiger partial charge in [0.15, 0.2) is 0 Å². The molecule has 0 saturated heterocycles. The molecule has 5 nitrogen and oxygen atoms in total. The first-order chi connectivity index (χ1) is 9.03. The van der Waals surface area contributed by atoms with Gasteiger partial charge in [0.05, 0.1) is 21.7 Å². The third-order valence-electron chi connectivity index (χ3n) is 1.36. The predicted octanol–water partition coefficient (Wildman–Crippen LogP) is 1.69. The van der Waals surface area contributed by atoms with E-state index in [0.717, 1.165) is 7.11 Å². The molecule has 0 radical (unpaired) electrons. The van der Waals surface area contributed by atoms with Gasteiger partial charge in [-0.3, -0.25) is 10.1 Å². The first-order valence-electron chi connectivity index (χ1n) is 6.41. The number of nitro groups is 1. The molecule has 0 aliphatic heterocycles. The van der Waals surface area contributed by atoms with Gasteiger partial charge in [-0.15, -0.1) is 0 Å². The van der Waals surface area contributed by atoms with Crippen LogP contribution in [0.2, 0.25) is 0 Å². The second-order valence-corrected chi connectivity index (χ2v) is 2.22. The van der Waals surface area contributed by atoms with E-state index in [1.54, 1.807) is 0 Å². The Bertz CT molecular complexity index is 597. The van der Waals surface area contributed by atoms with Crippen molar-refractivity contribution in [2.24, 2.45) is 0 Å². The smallest absolute Gasteiger partial charge is 0.338 e. The molecule has 0 aliphatic carbocycles. The number of benzene rings is 1. The van der Waals surface area contributed by atoms with E-state index in [4.69, 9.17) is 8.22 Å². The highest BCUT2D eigenvalue weighted by atomic mass is 16.6. The minimum atomic E-state index is -3.06. The van der Waals surface area contributed by atoms with Crippen molar-refractivity contribution in [3.8, 4) is 0 Å². The lowest BCUT2D eigenvalue weighted by Crippen LogP contribution is -2.02. The molecule has 0 bridgehead atoms. The van der Waals surface area contributed by atoms with Gasteiger partial charge in [0, 0.05) is 15.7 Å². The SMILES string of the molecule is [2H]c1c([2H])c(C([2H])([2H])[2H])c([N+](=O)[O-])c([2H])c1C(=O)OC. The Morgan fingerprint density at radius 1 is 1.71 bits per heavy atom. The zero-order valence-corrected chi connectivity index (χ0v) is 7.08. The molecule has 5 heteroatoms. The molecule has 0 spiro atoms. The second-order valence-electron chi connectivity index (χ2n) is 2.22. The van der Waals surface area contributed by atoms with E-state index in [-0.39, 0.29) is 0 Å². The molecule has 0 amide bonds. The van der Waals surface area contributed by atoms with E-state index >= 15 is 0 Å². The lowest BCUT2D eigenvalue weighted by Gasteiger charge is -2.00. The average molecular weight is 201 g/mol. The molecule has 0 atom stereocenters. The third kappa shape index (κ3) is 1.87. The summed E-state index contributed by atoms with van der Waals surface area (Å²) < 4.78 is 48.5. The normalized spacial score (nSPS) is 16.6. The van der Waals surface area contributed by atoms with E-state index < -0.39 is 52.7 Å². The van der Waals surface area contributed by atoms with Gasteiger partial charge in [-0.25, -0.2) is 4.79 Å². The molecular formula is C9H9NO4. The first kappa shape index (κ1) is 4.54. The molecule has 0 unspecified atom stereocenters. The summed E-state index contributed by atoms with van der Waals surface area (Å²) in [4.78, 5) is 21.2. The molecule has 1 aromatic carbocycles. The molecule has 0 aromatic heterocycles. The van der Waals surface area contributed by atoms with Gasteiger partial charge in [0.2, 0.25) is 0 Å². The highest BCUT2D eigenvalue weighted by molar-refractivity contribution is 5.90. The van der Waals surface area contributed by atoms with E-state index in [2.05, 4.69) is 4.74 Å². The van der Waals surface area contributed by atoms with Gasteiger partial charge in [-0.05, 0) is 12.9 Å². The number of esters is 1. The van der Waals surface area contributed by atoms with Crippen LogP contribution >= 0.6 is 0 Å². The zero-order chi connectivity index (χ0) is 15.8. The quantitative estimate of drug-likeness (QED) is 0.414. The van der Waals surface area contributed by atoms with Crippen LogP contribution in [0.5, 0.6) is 0 Å². The number of carbonyl (C=O) groups excluding carboxylic acids is 1. The van der Waals surface area contributed by atoms with E-state index in [1.165, 1.54) is 0 Å². The van der Waals surface area contributed by atoms with Gasteiger partial charge in [-0.2, -0.15) is 0 Å². The van der Waals surface area contributed by atoms with Crippen molar-refractivity contribution in [2.45, 2.75) is 6.85 Å². The molecule has 1 rings (SSSR count). The van der Waals surface area contributed by atoms with E-state index in [0.29, 0.717) is 0 Å². The maximum absolute atomic E-state index is 11.4. The minimum absolute atomic E-state index is 0.808. The van der Waals surface area contributed by atoms with Crippen LogP contribution in [0, 0.1) is 17.0 Å². The summed E-state index contributed by atoms with van der Waals surface area (Å²) in [6.45, 7) is -3.06. The van der Waals surface area contributed by atoms with E-state index in [9.17, 15) is 14.9 Å². The Kier molecular flexibility index (Phi) is 1.25. The number of methoxy groups -OCH3 is 1. The fourth-order valence-corrected chi connectivity index (χ4v) is 0.737. The first-order valence-corrected chi connectivity index (χ1v) is 3.41. The number of rotatable bonds is 2. The fourth-order valence-electron chi connectivity index (χ4n) is 0.737. The summed E-state index contributed by atoms with van der Waals surface area (Å²) in [5, 5.41) is 11.0. The van der Waals surface area contributed by atoms with Crippen LogP contribution in [0.1, 0.15) is 24.1 Å². The van der Waals surface area contributed by atoms with Crippen molar-refractivity contribution in [2.75, 3.05) is 7.11 Å². The number of hydrogen-bond donors (Lipinski definition) is 0. The van der Waals surface area contributed by atoms with Crippen LogP contribution in [0.15, 0.2) is 18.1 Å². The Hall–Kier alpha value is -1.91. The zero-order valence-electron chi connectivity index (χ0n) is 13.1. The lowest BCUT2D eigenvalue weighted by molar-refractivity contribution is -0.385. The van der Waals surface area contributed by atoms with Crippen molar-refractivity contribution in [1.82, 2.24) is 0 Å². The maximum Gasteiger partial charge on any atom is 0.338 e. The summed E-state index contributed by atoms with van der Waals surface area (Å²) in [5.41, 5.74) is -3.03. The van der Waals surface area contributed by atoms with Crippen LogP contribution in [-0.4, -0.2) is 18.0 Å². The molecule has 0 fully saturated rings. The van der Waals surface area contributed by atoms with Crippen molar-refractivity contribution in [1.29, 1.82) is 0 Å². The molecule has 0 N–H and O–H groups in total. The second kappa shape index (κ2) is 3.87. The number of hydrogen-bond acceptors (Lipinski definition) is 4. The maximum atomic E-state index is 11.4. The highest BCUT2D eigenvalue weighted by Crippen LogP contribution is 2.19. The fraction of sp³-hybridized carbons (Fsp3) is 0.222. The van der Waals surface area contributed by atoms with Crippen molar-refractivity contribution >= 4 is 11.7 Å². The number of ether oxygens (including phenoxy) is 1. The Balaban J connectivity index is 3.93. The van der Waals surface area contributed by atoms with Gasteiger partial charge >= 0.3 is 5.97 Å². The van der Waals surface area contributed by atoms with Gasteiger partial charge in [0.1, 0.15) is 0 Å². The van der Waals surface area contributed by atoms with Crippen molar-refractivity contribution < 1.29 is 22.7 Å². The summed E-state index contributed by atoms with van der Waals surface area (Å²) in [5.74, 6) is -1.21. The topological polar surface area (TPSA) is 69.4 Å². The predicted molar refractivity (Wildman–Crippen MR) is 49.2 cm³/mol. The summed E-state index contributed by atoms with van der Waals surface area (Å²) in [6, 6.07) is -2.93. The van der Waals surface area contributed by atoms with Crippen molar-refractivity contribution in [3.63, 3.8) is 0 Å². The largest absolute Gasteiger partial charge is 0.465 e. The number of nitro benzene ring substituents is 1.